The predicted octanol–water partition coefficient (Wildman–Crippen LogP) is 4.60. The van der Waals surface area contributed by atoms with Crippen LogP contribution >= 0.6 is 15.9 Å². The summed E-state index contributed by atoms with van der Waals surface area (Å²) >= 11 is 3.04. The Morgan fingerprint density at radius 1 is 1.15 bits per heavy atom. The normalized spacial score (nSPS) is 10.4. The number of hydrogen-bond acceptors (Lipinski definition) is 1. The fraction of sp³-hybridized carbons (Fsp3) is 0.133. The first-order chi connectivity index (χ1) is 9.38. The van der Waals surface area contributed by atoms with Crippen molar-refractivity contribution in [2.45, 2.75) is 13.8 Å². The van der Waals surface area contributed by atoms with E-state index in [0.29, 0.717) is 5.56 Å². The number of aryl methyl sites for hydroxylation is 2. The quantitative estimate of drug-likeness (QED) is 0.851. The molecule has 104 valence electrons. The van der Waals surface area contributed by atoms with E-state index in [1.165, 1.54) is 0 Å². The van der Waals surface area contributed by atoms with E-state index < -0.39 is 17.5 Å². The molecule has 2 rings (SSSR count). The van der Waals surface area contributed by atoms with Crippen molar-refractivity contribution in [3.63, 3.8) is 0 Å². The molecule has 0 bridgehead atoms. The molecule has 0 atom stereocenters. The van der Waals surface area contributed by atoms with Crippen LogP contribution in [0, 0.1) is 25.5 Å². The summed E-state index contributed by atoms with van der Waals surface area (Å²) in [6, 6.07) is 7.26. The van der Waals surface area contributed by atoms with Crippen LogP contribution in [-0.4, -0.2) is 5.91 Å². The molecule has 0 spiro atoms. The largest absolute Gasteiger partial charge is 0.319 e. The summed E-state index contributed by atoms with van der Waals surface area (Å²) in [5.41, 5.74) is 2.10. The van der Waals surface area contributed by atoms with Gasteiger partial charge < -0.3 is 5.32 Å². The van der Waals surface area contributed by atoms with Crippen LogP contribution in [0.2, 0.25) is 0 Å². The second-order valence-electron chi connectivity index (χ2n) is 4.52. The minimum Gasteiger partial charge on any atom is -0.319 e. The molecule has 0 saturated carbocycles. The first-order valence-corrected chi connectivity index (χ1v) is 6.71. The van der Waals surface area contributed by atoms with Crippen molar-refractivity contribution in [3.05, 3.63) is 63.1 Å². The van der Waals surface area contributed by atoms with E-state index in [0.717, 1.165) is 23.3 Å². The number of hydrogen-bond donors (Lipinski definition) is 1. The second-order valence-corrected chi connectivity index (χ2v) is 5.37. The van der Waals surface area contributed by atoms with E-state index in [-0.39, 0.29) is 10.2 Å². The highest BCUT2D eigenvalue weighted by Gasteiger charge is 2.15. The van der Waals surface area contributed by atoms with E-state index in [9.17, 15) is 13.6 Å². The van der Waals surface area contributed by atoms with E-state index >= 15 is 0 Å². The third kappa shape index (κ3) is 3.04. The van der Waals surface area contributed by atoms with Gasteiger partial charge in [-0.2, -0.15) is 0 Å². The number of benzene rings is 2. The Morgan fingerprint density at radius 3 is 2.50 bits per heavy atom. The topological polar surface area (TPSA) is 29.1 Å². The molecule has 0 aliphatic carbocycles. The van der Waals surface area contributed by atoms with Crippen molar-refractivity contribution in [1.82, 2.24) is 0 Å². The lowest BCUT2D eigenvalue weighted by atomic mass is 10.0. The van der Waals surface area contributed by atoms with Gasteiger partial charge in [-0.3, -0.25) is 4.79 Å². The fourth-order valence-electron chi connectivity index (χ4n) is 1.82. The van der Waals surface area contributed by atoms with Crippen molar-refractivity contribution >= 4 is 27.5 Å². The van der Waals surface area contributed by atoms with Crippen LogP contribution in [0.25, 0.3) is 0 Å². The van der Waals surface area contributed by atoms with Crippen LogP contribution in [0.15, 0.2) is 34.8 Å². The Balaban J connectivity index is 2.35. The molecular weight excluding hydrogens is 328 g/mol. The highest BCUT2D eigenvalue weighted by atomic mass is 79.9. The van der Waals surface area contributed by atoms with Gasteiger partial charge in [-0.1, -0.05) is 17.7 Å². The molecule has 0 fully saturated rings. The molecular formula is C15H12BrF2NO. The smallest absolute Gasteiger partial charge is 0.256 e. The first-order valence-electron chi connectivity index (χ1n) is 5.91. The molecule has 0 radical (unpaired) electrons. The molecule has 0 unspecified atom stereocenters. The Morgan fingerprint density at radius 2 is 1.85 bits per heavy atom. The minimum absolute atomic E-state index is 0.0719. The van der Waals surface area contributed by atoms with Gasteiger partial charge in [0.15, 0.2) is 5.82 Å². The zero-order valence-electron chi connectivity index (χ0n) is 10.9. The zero-order chi connectivity index (χ0) is 14.9. The van der Waals surface area contributed by atoms with Crippen molar-refractivity contribution in [3.8, 4) is 0 Å². The highest BCUT2D eigenvalue weighted by molar-refractivity contribution is 9.10. The fourth-order valence-corrected chi connectivity index (χ4v) is 2.33. The van der Waals surface area contributed by atoms with Gasteiger partial charge in [0.25, 0.3) is 5.91 Å². The maximum Gasteiger partial charge on any atom is 0.256 e. The standard InChI is InChI=1S/C15H12BrF2NO/c1-8-3-4-9(2)11(5-8)15(20)19-14-12(16)6-10(17)7-13(14)18/h3-7H,1-2H3,(H,19,20). The van der Waals surface area contributed by atoms with E-state index in [1.807, 2.05) is 19.1 Å². The SMILES string of the molecule is Cc1ccc(C)c(C(=O)Nc2c(F)cc(F)cc2Br)c1. The molecule has 0 aliphatic rings. The maximum atomic E-state index is 13.7. The van der Waals surface area contributed by atoms with Gasteiger partial charge in [0, 0.05) is 16.1 Å². The number of anilines is 1. The Labute approximate surface area is 123 Å². The van der Waals surface area contributed by atoms with Gasteiger partial charge >= 0.3 is 0 Å². The van der Waals surface area contributed by atoms with Crippen molar-refractivity contribution in [2.24, 2.45) is 0 Å². The molecule has 20 heavy (non-hydrogen) atoms. The lowest BCUT2D eigenvalue weighted by Gasteiger charge is -2.11. The number of nitrogens with one attached hydrogen (secondary N) is 1. The lowest BCUT2D eigenvalue weighted by Crippen LogP contribution is -2.15. The van der Waals surface area contributed by atoms with Crippen molar-refractivity contribution in [2.75, 3.05) is 5.32 Å². The van der Waals surface area contributed by atoms with Gasteiger partial charge in [0.05, 0.1) is 5.69 Å². The third-order valence-corrected chi connectivity index (χ3v) is 3.51. The highest BCUT2D eigenvalue weighted by Crippen LogP contribution is 2.27. The van der Waals surface area contributed by atoms with E-state index in [2.05, 4.69) is 21.2 Å². The van der Waals surface area contributed by atoms with Gasteiger partial charge in [-0.25, -0.2) is 8.78 Å². The Hall–Kier alpha value is -1.75. The molecule has 0 heterocycles. The van der Waals surface area contributed by atoms with Crippen LogP contribution < -0.4 is 5.32 Å². The summed E-state index contributed by atoms with van der Waals surface area (Å²) in [6.07, 6.45) is 0. The average Bonchev–Trinajstić information content (AvgIpc) is 2.36. The molecule has 5 heteroatoms. The molecule has 1 N–H and O–H groups in total. The summed E-state index contributed by atoms with van der Waals surface area (Å²) in [5, 5.41) is 2.46. The van der Waals surface area contributed by atoms with Crippen LogP contribution in [0.3, 0.4) is 0 Å². The van der Waals surface area contributed by atoms with Crippen molar-refractivity contribution in [1.29, 1.82) is 0 Å². The average molecular weight is 340 g/mol. The summed E-state index contributed by atoms with van der Waals surface area (Å²) in [4.78, 5) is 12.2. The molecule has 1 amide bonds. The Kier molecular flexibility index (Phi) is 4.18. The first kappa shape index (κ1) is 14.7. The molecule has 0 saturated heterocycles. The number of carbonyl (C=O) groups excluding carboxylic acids is 1. The van der Waals surface area contributed by atoms with Gasteiger partial charge in [-0.05, 0) is 47.5 Å². The van der Waals surface area contributed by atoms with Crippen molar-refractivity contribution < 1.29 is 13.6 Å². The molecule has 0 aromatic heterocycles. The molecule has 2 aromatic rings. The summed E-state index contributed by atoms with van der Waals surface area (Å²) in [6.45, 7) is 3.66. The van der Waals surface area contributed by atoms with Crippen LogP contribution in [-0.2, 0) is 0 Å². The lowest BCUT2D eigenvalue weighted by molar-refractivity contribution is 0.102. The van der Waals surface area contributed by atoms with Gasteiger partial charge in [0.1, 0.15) is 5.82 Å². The molecule has 0 aliphatic heterocycles. The van der Waals surface area contributed by atoms with Gasteiger partial charge in [0.2, 0.25) is 0 Å². The Bertz CT molecular complexity index is 663. The monoisotopic (exact) mass is 339 g/mol. The zero-order valence-corrected chi connectivity index (χ0v) is 12.5. The van der Waals surface area contributed by atoms with E-state index in [4.69, 9.17) is 0 Å². The van der Waals surface area contributed by atoms with Crippen LogP contribution in [0.1, 0.15) is 21.5 Å². The van der Waals surface area contributed by atoms with E-state index in [1.54, 1.807) is 13.0 Å². The molecule has 2 nitrogen and oxygen atoms in total. The third-order valence-electron chi connectivity index (χ3n) is 2.88. The maximum absolute atomic E-state index is 13.7. The molecule has 2 aromatic carbocycles. The summed E-state index contributed by atoms with van der Waals surface area (Å²) < 4.78 is 26.8. The van der Waals surface area contributed by atoms with Crippen LogP contribution in [0.4, 0.5) is 14.5 Å². The number of rotatable bonds is 2. The van der Waals surface area contributed by atoms with Crippen LogP contribution in [0.5, 0.6) is 0 Å². The number of amides is 1. The minimum atomic E-state index is -0.824. The van der Waals surface area contributed by atoms with Gasteiger partial charge in [-0.15, -0.1) is 0 Å². The summed E-state index contributed by atoms with van der Waals surface area (Å²) in [7, 11) is 0. The number of carbonyl (C=O) groups is 1. The number of halogens is 3. The predicted molar refractivity (Wildman–Crippen MR) is 77.9 cm³/mol. The summed E-state index contributed by atoms with van der Waals surface area (Å²) in [5.74, 6) is -1.97. The second kappa shape index (κ2) is 5.71.